The molecular formula is C31H53IO. The summed E-state index contributed by atoms with van der Waals surface area (Å²) in [5.74, 6) is 6.32. The van der Waals surface area contributed by atoms with Gasteiger partial charge in [0, 0.05) is 0 Å². The summed E-state index contributed by atoms with van der Waals surface area (Å²) < 4.78 is 2.54. The van der Waals surface area contributed by atoms with Gasteiger partial charge in [-0.3, -0.25) is 0 Å². The summed E-state index contributed by atoms with van der Waals surface area (Å²) in [5, 5.41) is 13.7. The van der Waals surface area contributed by atoms with Crippen LogP contribution in [0.4, 0.5) is 0 Å². The highest BCUT2D eigenvalue weighted by molar-refractivity contribution is 5.10. The molecule has 1 saturated heterocycles. The van der Waals surface area contributed by atoms with Gasteiger partial charge in [0.25, 0.3) is 21.2 Å². The van der Waals surface area contributed by atoms with Crippen LogP contribution in [0.5, 0.6) is 0 Å². The van der Waals surface area contributed by atoms with Gasteiger partial charge in [0.1, 0.15) is 0 Å². The maximum absolute atomic E-state index is 13.7. The molecule has 2 heteroatoms. The lowest BCUT2D eigenvalue weighted by Gasteiger charge is -2.64. The predicted molar refractivity (Wildman–Crippen MR) is 134 cm³/mol. The Morgan fingerprint density at radius 3 is 2.36 bits per heavy atom. The Morgan fingerprint density at radius 1 is 0.879 bits per heavy atom. The number of hydrogen-bond donors (Lipinski definition) is 0. The van der Waals surface area contributed by atoms with Crippen LogP contribution in [0, 0.1) is 52.3 Å². The Morgan fingerprint density at radius 2 is 1.64 bits per heavy atom. The van der Waals surface area contributed by atoms with E-state index in [-0.39, 0.29) is 0 Å². The summed E-state index contributed by atoms with van der Waals surface area (Å²) in [6.45, 7) is 12.7. The molecule has 0 radical (unpaired) electrons. The second kappa shape index (κ2) is 9.53. The molecule has 0 N–H and O–H groups in total. The van der Waals surface area contributed by atoms with E-state index in [0.29, 0.717) is 32.0 Å². The van der Waals surface area contributed by atoms with Gasteiger partial charge in [-0.05, 0) is 104 Å². The van der Waals surface area contributed by atoms with Crippen molar-refractivity contribution in [1.82, 2.24) is 0 Å². The molecular weight excluding hydrogens is 515 g/mol. The zero-order chi connectivity index (χ0) is 23.4. The first kappa shape index (κ1) is 25.3. The summed E-state index contributed by atoms with van der Waals surface area (Å²) in [7, 11) is 0. The zero-order valence-corrected chi connectivity index (χ0v) is 24.7. The molecule has 4 aliphatic carbocycles. The number of hydrogen-bond acceptors (Lipinski definition) is 1. The van der Waals surface area contributed by atoms with E-state index in [0.717, 1.165) is 64.6 Å². The van der Waals surface area contributed by atoms with Crippen LogP contribution in [0.25, 0.3) is 0 Å². The van der Waals surface area contributed by atoms with Crippen LogP contribution in [0.2, 0.25) is 0 Å². The molecule has 0 amide bonds. The molecule has 190 valence electrons. The fourth-order valence-electron chi connectivity index (χ4n) is 10.2. The van der Waals surface area contributed by atoms with E-state index >= 15 is 0 Å². The van der Waals surface area contributed by atoms with Gasteiger partial charge in [-0.25, -0.2) is 0 Å². The summed E-state index contributed by atoms with van der Waals surface area (Å²) in [6, 6.07) is 0. The van der Waals surface area contributed by atoms with Crippen molar-refractivity contribution < 1.29 is 26.3 Å². The van der Waals surface area contributed by atoms with Crippen LogP contribution in [-0.4, -0.2) is 14.0 Å². The average molecular weight is 569 g/mol. The summed E-state index contributed by atoms with van der Waals surface area (Å²) in [4.78, 5) is 0. The van der Waals surface area contributed by atoms with Gasteiger partial charge < -0.3 is 5.11 Å². The van der Waals surface area contributed by atoms with Crippen LogP contribution in [0.1, 0.15) is 125 Å². The lowest BCUT2D eigenvalue weighted by Crippen LogP contribution is -3.48. The first-order chi connectivity index (χ1) is 15.6. The van der Waals surface area contributed by atoms with E-state index in [2.05, 4.69) is 34.6 Å². The monoisotopic (exact) mass is 568 g/mol. The molecule has 1 heterocycles. The number of rotatable bonds is 8. The molecule has 1 unspecified atom stereocenters. The first-order valence-electron chi connectivity index (χ1n) is 14.9. The molecule has 0 spiro atoms. The predicted octanol–water partition coefficient (Wildman–Crippen LogP) is 4.46. The lowest BCUT2D eigenvalue weighted by molar-refractivity contribution is -0.509. The molecule has 10 atom stereocenters. The number of fused-ring (bicyclic) bond motifs is 5. The number of halogens is 1. The van der Waals surface area contributed by atoms with Crippen molar-refractivity contribution in [3.05, 3.63) is 0 Å². The molecule has 5 aliphatic rings. The van der Waals surface area contributed by atoms with Crippen molar-refractivity contribution >= 4 is 0 Å². The molecule has 1 nitrogen and oxygen atoms in total. The van der Waals surface area contributed by atoms with Crippen LogP contribution >= 0.6 is 0 Å². The zero-order valence-electron chi connectivity index (χ0n) is 22.5. The minimum absolute atomic E-state index is 0.478. The molecule has 0 aromatic carbocycles. The highest BCUT2D eigenvalue weighted by Gasteiger charge is 2.60. The van der Waals surface area contributed by atoms with Gasteiger partial charge in [0.2, 0.25) is 0 Å². The van der Waals surface area contributed by atoms with Crippen LogP contribution in [0.3, 0.4) is 0 Å². The molecule has 0 aromatic heterocycles. The van der Waals surface area contributed by atoms with Gasteiger partial charge in [-0.2, -0.15) is 0 Å². The van der Waals surface area contributed by atoms with Crippen molar-refractivity contribution in [2.24, 2.45) is 52.3 Å². The molecule has 1 aliphatic heterocycles. The van der Waals surface area contributed by atoms with Crippen molar-refractivity contribution in [2.45, 2.75) is 134 Å². The molecule has 5 rings (SSSR count). The molecule has 33 heavy (non-hydrogen) atoms. The van der Waals surface area contributed by atoms with Crippen molar-refractivity contribution in [3.63, 3.8) is 0 Å². The maximum atomic E-state index is 13.7. The van der Waals surface area contributed by atoms with Crippen LogP contribution in [-0.2, 0) is 0 Å². The SMILES string of the molecule is CC(C)CCC[C@@H](C)[C@H]1CC[C@H]2[C@@H]3CC[C@H]4C[C@]([O-])(CCC5C[I+]5)CC[C@]4(C)[C@H]3CC[C@]12C. The van der Waals surface area contributed by atoms with E-state index in [1.807, 2.05) is 0 Å². The molecule has 4 saturated carbocycles. The van der Waals surface area contributed by atoms with E-state index in [4.69, 9.17) is 0 Å². The number of alkyl halides is 2. The Kier molecular flexibility index (Phi) is 7.32. The van der Waals surface area contributed by atoms with E-state index in [9.17, 15) is 5.11 Å². The normalized spacial score (nSPS) is 49.9. The quantitative estimate of drug-likeness (QED) is 0.313. The smallest absolute Gasteiger partial charge is 0.281 e. The minimum atomic E-state index is -0.559. The minimum Gasteiger partial charge on any atom is -0.849 e. The third-order valence-corrected chi connectivity index (χ3v) is 15.0. The summed E-state index contributed by atoms with van der Waals surface area (Å²) in [5.41, 5.74) is 0.522. The van der Waals surface area contributed by atoms with Gasteiger partial charge in [-0.1, -0.05) is 73.1 Å². The Bertz CT molecular complexity index is 686. The summed E-state index contributed by atoms with van der Waals surface area (Å²) >= 11 is 0.519. The van der Waals surface area contributed by atoms with Crippen molar-refractivity contribution in [3.8, 4) is 0 Å². The second-order valence-corrected chi connectivity index (χ2v) is 18.0. The van der Waals surface area contributed by atoms with Gasteiger partial charge in [-0.15, -0.1) is 5.60 Å². The van der Waals surface area contributed by atoms with Crippen molar-refractivity contribution in [2.75, 3.05) is 4.43 Å². The molecule has 0 aromatic rings. The first-order valence-corrected chi connectivity index (χ1v) is 17.7. The Hall–Kier alpha value is 0.690. The highest BCUT2D eigenvalue weighted by Crippen LogP contribution is 2.69. The Balaban J connectivity index is 1.24. The molecule has 5 fully saturated rings. The summed E-state index contributed by atoms with van der Waals surface area (Å²) in [6.07, 6.45) is 18.6. The largest absolute Gasteiger partial charge is 0.849 e. The fourth-order valence-corrected chi connectivity index (χ4v) is 11.7. The van der Waals surface area contributed by atoms with Crippen molar-refractivity contribution in [1.29, 1.82) is 0 Å². The standard InChI is InChI=1S/C31H53IO/c1-21(2)7-6-8-22(3)26-11-12-27-25-10-9-23-19-31(33,16-13-24-20-32-24)18-17-29(23,4)28(25)14-15-30(26,27)5/h21-28H,6-20H2,1-5H3/t22-,23+,24?,25+,26-,27+,28+,29+,30-,31+/m1/s1. The Labute approximate surface area is 216 Å². The van der Waals surface area contributed by atoms with Gasteiger partial charge in [0.05, 0.1) is 0 Å². The van der Waals surface area contributed by atoms with E-state index in [1.54, 1.807) is 0 Å². The fraction of sp³-hybridized carbons (Fsp3) is 1.00. The highest BCUT2D eigenvalue weighted by atomic mass is 127. The van der Waals surface area contributed by atoms with E-state index < -0.39 is 5.60 Å². The second-order valence-electron chi connectivity index (χ2n) is 14.5. The van der Waals surface area contributed by atoms with Gasteiger partial charge >= 0.3 is 0 Å². The maximum Gasteiger partial charge on any atom is 0.281 e. The van der Waals surface area contributed by atoms with E-state index in [1.165, 1.54) is 75.1 Å². The van der Waals surface area contributed by atoms with Crippen LogP contribution in [0.15, 0.2) is 0 Å². The lowest BCUT2D eigenvalue weighted by atomic mass is 9.43. The van der Waals surface area contributed by atoms with Crippen LogP contribution < -0.4 is 26.3 Å². The average Bonchev–Trinajstić information content (AvgIpc) is 3.52. The third-order valence-electron chi connectivity index (χ3n) is 12.3. The van der Waals surface area contributed by atoms with Gasteiger partial charge in [0.15, 0.2) is 8.35 Å². The topological polar surface area (TPSA) is 23.1 Å². The molecule has 0 bridgehead atoms. The third kappa shape index (κ3) is 4.85.